The molecule has 4 nitrogen and oxygen atoms in total. The van der Waals surface area contributed by atoms with E-state index in [4.69, 9.17) is 11.6 Å². The molecule has 0 radical (unpaired) electrons. The van der Waals surface area contributed by atoms with Gasteiger partial charge in [0.15, 0.2) is 0 Å². The normalized spacial score (nSPS) is 23.8. The third-order valence-electron chi connectivity index (χ3n) is 4.49. The molecule has 0 N–H and O–H groups in total. The highest BCUT2D eigenvalue weighted by molar-refractivity contribution is 6.31. The fourth-order valence-electron chi connectivity index (χ4n) is 3.42. The van der Waals surface area contributed by atoms with Crippen LogP contribution in [0.25, 0.3) is 0 Å². The lowest BCUT2D eigenvalue weighted by Gasteiger charge is -2.34. The second-order valence-electron chi connectivity index (χ2n) is 6.15. The van der Waals surface area contributed by atoms with Crippen LogP contribution in [0.2, 0.25) is 5.02 Å². The van der Waals surface area contributed by atoms with Crippen molar-refractivity contribution in [3.8, 4) is 0 Å². The number of hydrogen-bond donors (Lipinski definition) is 0. The van der Waals surface area contributed by atoms with Crippen LogP contribution in [0.3, 0.4) is 0 Å². The number of likely N-dealkylation sites (tertiary alicyclic amines) is 2. The lowest BCUT2D eigenvalue weighted by Crippen LogP contribution is -2.41. The summed E-state index contributed by atoms with van der Waals surface area (Å²) in [7, 11) is 0. The molecule has 3 rings (SSSR count). The van der Waals surface area contributed by atoms with E-state index in [9.17, 15) is 4.79 Å². The average molecular weight is 308 g/mol. The van der Waals surface area contributed by atoms with Crippen LogP contribution in [-0.4, -0.2) is 46.9 Å². The fourth-order valence-corrected chi connectivity index (χ4v) is 3.58. The number of rotatable bonds is 4. The van der Waals surface area contributed by atoms with Crippen LogP contribution >= 0.6 is 11.6 Å². The van der Waals surface area contributed by atoms with Gasteiger partial charge in [-0.25, -0.2) is 0 Å². The van der Waals surface area contributed by atoms with Crippen molar-refractivity contribution < 1.29 is 4.79 Å². The van der Waals surface area contributed by atoms with Crippen molar-refractivity contribution in [2.75, 3.05) is 26.2 Å². The van der Waals surface area contributed by atoms with E-state index in [1.54, 1.807) is 6.20 Å². The molecule has 1 aromatic rings. The molecule has 0 aromatic carbocycles. The van der Waals surface area contributed by atoms with Crippen LogP contribution in [0, 0.1) is 5.92 Å². The fraction of sp³-hybridized carbons (Fsp3) is 0.625. The molecule has 3 heterocycles. The van der Waals surface area contributed by atoms with Gasteiger partial charge >= 0.3 is 0 Å². The standard InChI is InChI=1S/C16H22ClN3O/c17-15-5-6-18-9-14(15)12-19-7-1-3-13(10-19)11-20-8-2-4-16(20)21/h5-6,9,13H,1-4,7-8,10-12H2. The van der Waals surface area contributed by atoms with E-state index in [0.29, 0.717) is 11.8 Å². The number of hydrogen-bond acceptors (Lipinski definition) is 3. The number of halogens is 1. The lowest BCUT2D eigenvalue weighted by atomic mass is 9.97. The predicted molar refractivity (Wildman–Crippen MR) is 83.1 cm³/mol. The molecule has 21 heavy (non-hydrogen) atoms. The Morgan fingerprint density at radius 2 is 2.24 bits per heavy atom. The summed E-state index contributed by atoms with van der Waals surface area (Å²) < 4.78 is 0. The minimum Gasteiger partial charge on any atom is -0.342 e. The molecule has 114 valence electrons. The van der Waals surface area contributed by atoms with Gasteiger partial charge in [0.2, 0.25) is 5.91 Å². The van der Waals surface area contributed by atoms with Crippen molar-refractivity contribution in [3.63, 3.8) is 0 Å². The second kappa shape index (κ2) is 6.75. The smallest absolute Gasteiger partial charge is 0.222 e. The van der Waals surface area contributed by atoms with Crippen LogP contribution in [0.4, 0.5) is 0 Å². The average Bonchev–Trinajstić information content (AvgIpc) is 2.87. The van der Waals surface area contributed by atoms with Crippen LogP contribution in [0.5, 0.6) is 0 Å². The number of piperidine rings is 1. The van der Waals surface area contributed by atoms with Crippen molar-refractivity contribution in [3.05, 3.63) is 29.0 Å². The maximum atomic E-state index is 11.8. The van der Waals surface area contributed by atoms with Gasteiger partial charge in [-0.2, -0.15) is 0 Å². The predicted octanol–water partition coefficient (Wildman–Crippen LogP) is 2.57. The summed E-state index contributed by atoms with van der Waals surface area (Å²) >= 11 is 6.22. The Morgan fingerprint density at radius 1 is 1.33 bits per heavy atom. The zero-order valence-electron chi connectivity index (χ0n) is 12.3. The first-order valence-corrected chi connectivity index (χ1v) is 8.18. The summed E-state index contributed by atoms with van der Waals surface area (Å²) in [5.74, 6) is 0.929. The summed E-state index contributed by atoms with van der Waals surface area (Å²) in [5, 5.41) is 0.793. The highest BCUT2D eigenvalue weighted by Gasteiger charge is 2.26. The first kappa shape index (κ1) is 14.8. The van der Waals surface area contributed by atoms with Crippen LogP contribution in [0.15, 0.2) is 18.5 Å². The van der Waals surface area contributed by atoms with Crippen molar-refractivity contribution in [2.24, 2.45) is 5.92 Å². The minimum atomic E-state index is 0.336. The molecule has 2 fully saturated rings. The number of pyridine rings is 1. The lowest BCUT2D eigenvalue weighted by molar-refractivity contribution is -0.128. The Hall–Kier alpha value is -1.13. The number of carbonyl (C=O) groups excluding carboxylic acids is 1. The highest BCUT2D eigenvalue weighted by atomic mass is 35.5. The topological polar surface area (TPSA) is 36.4 Å². The van der Waals surface area contributed by atoms with E-state index in [1.807, 2.05) is 17.2 Å². The molecule has 1 amide bonds. The number of aromatic nitrogens is 1. The number of nitrogens with zero attached hydrogens (tertiary/aromatic N) is 3. The zero-order chi connectivity index (χ0) is 14.7. The molecule has 0 bridgehead atoms. The third kappa shape index (κ3) is 3.74. The Morgan fingerprint density at radius 3 is 3.00 bits per heavy atom. The van der Waals surface area contributed by atoms with Crippen molar-refractivity contribution in [1.29, 1.82) is 0 Å². The van der Waals surface area contributed by atoms with Crippen molar-refractivity contribution in [1.82, 2.24) is 14.8 Å². The maximum absolute atomic E-state index is 11.8. The Bertz CT molecular complexity index is 508. The molecule has 1 atom stereocenters. The summed E-state index contributed by atoms with van der Waals surface area (Å²) in [5.41, 5.74) is 1.09. The summed E-state index contributed by atoms with van der Waals surface area (Å²) in [6, 6.07) is 1.85. The summed E-state index contributed by atoms with van der Waals surface area (Å²) in [6.45, 7) is 4.89. The molecule has 5 heteroatoms. The van der Waals surface area contributed by atoms with E-state index in [0.717, 1.165) is 56.2 Å². The zero-order valence-corrected chi connectivity index (χ0v) is 13.1. The number of amides is 1. The SMILES string of the molecule is O=C1CCCN1CC1CCCN(Cc2cnccc2Cl)C1. The van der Waals surface area contributed by atoms with E-state index in [-0.39, 0.29) is 0 Å². The second-order valence-corrected chi connectivity index (χ2v) is 6.56. The van der Waals surface area contributed by atoms with Crippen LogP contribution < -0.4 is 0 Å². The highest BCUT2D eigenvalue weighted by Crippen LogP contribution is 2.23. The molecule has 0 aliphatic carbocycles. The largest absolute Gasteiger partial charge is 0.342 e. The van der Waals surface area contributed by atoms with Crippen LogP contribution in [0.1, 0.15) is 31.2 Å². The van der Waals surface area contributed by atoms with E-state index >= 15 is 0 Å². The molecule has 1 aromatic heterocycles. The van der Waals surface area contributed by atoms with Crippen LogP contribution in [-0.2, 0) is 11.3 Å². The first-order chi connectivity index (χ1) is 10.2. The quantitative estimate of drug-likeness (QED) is 0.858. The Labute approximate surface area is 131 Å². The number of carbonyl (C=O) groups is 1. The summed E-state index contributed by atoms with van der Waals surface area (Å²) in [6.07, 6.45) is 7.77. The van der Waals surface area contributed by atoms with E-state index < -0.39 is 0 Å². The van der Waals surface area contributed by atoms with E-state index in [1.165, 1.54) is 12.8 Å². The molecule has 1 unspecified atom stereocenters. The summed E-state index contributed by atoms with van der Waals surface area (Å²) in [4.78, 5) is 20.4. The van der Waals surface area contributed by atoms with Gasteiger partial charge < -0.3 is 4.90 Å². The van der Waals surface area contributed by atoms with E-state index in [2.05, 4.69) is 9.88 Å². The molecule has 0 saturated carbocycles. The monoisotopic (exact) mass is 307 g/mol. The van der Waals surface area contributed by atoms with Gasteiger partial charge in [0.05, 0.1) is 0 Å². The minimum absolute atomic E-state index is 0.336. The van der Waals surface area contributed by atoms with Gasteiger partial charge in [0.1, 0.15) is 0 Å². The molecule has 2 saturated heterocycles. The molecule has 2 aliphatic heterocycles. The first-order valence-electron chi connectivity index (χ1n) is 7.81. The van der Waals surface area contributed by atoms with Gasteiger partial charge in [-0.1, -0.05) is 11.6 Å². The molecule has 2 aliphatic rings. The van der Waals surface area contributed by atoms with Crippen molar-refractivity contribution >= 4 is 17.5 Å². The molecular formula is C16H22ClN3O. The Balaban J connectivity index is 1.56. The van der Waals surface area contributed by atoms with Gasteiger partial charge in [-0.05, 0) is 37.8 Å². The van der Waals surface area contributed by atoms with Gasteiger partial charge in [-0.3, -0.25) is 14.7 Å². The maximum Gasteiger partial charge on any atom is 0.222 e. The van der Waals surface area contributed by atoms with Gasteiger partial charge in [0, 0.05) is 55.6 Å². The molecule has 0 spiro atoms. The van der Waals surface area contributed by atoms with Gasteiger partial charge in [0.25, 0.3) is 0 Å². The third-order valence-corrected chi connectivity index (χ3v) is 4.86. The molecular weight excluding hydrogens is 286 g/mol. The van der Waals surface area contributed by atoms with Gasteiger partial charge in [-0.15, -0.1) is 0 Å². The Kier molecular flexibility index (Phi) is 4.76. The van der Waals surface area contributed by atoms with Crippen molar-refractivity contribution in [2.45, 2.75) is 32.2 Å².